The molecule has 1 amide bonds. The number of amides is 1. The second-order valence-electron chi connectivity index (χ2n) is 6.21. The molecule has 0 fully saturated rings. The maximum atomic E-state index is 12.6. The van der Waals surface area contributed by atoms with Gasteiger partial charge in [0.1, 0.15) is 11.5 Å². The van der Waals surface area contributed by atoms with E-state index in [-0.39, 0.29) is 0 Å². The van der Waals surface area contributed by atoms with Crippen LogP contribution in [0.4, 0.5) is 0 Å². The highest BCUT2D eigenvalue weighted by Crippen LogP contribution is 2.38. The Morgan fingerprint density at radius 3 is 2.16 bits per heavy atom. The molecule has 0 aliphatic carbocycles. The van der Waals surface area contributed by atoms with E-state index in [9.17, 15) is 4.79 Å². The largest absolute Gasteiger partial charge is 0.493 e. The molecule has 31 heavy (non-hydrogen) atoms. The third-order valence-corrected chi connectivity index (χ3v) is 4.51. The number of rotatable bonds is 8. The molecule has 0 saturated heterocycles. The SMILES string of the molecule is COc1cc(C(=O)N/N=C\c2ccccc2Oc2ccc(Cl)cc2)cc(OC)c1OC. The van der Waals surface area contributed by atoms with Crippen LogP contribution in [0.15, 0.2) is 65.8 Å². The van der Waals surface area contributed by atoms with Gasteiger partial charge in [-0.05, 0) is 48.5 Å². The van der Waals surface area contributed by atoms with Gasteiger partial charge in [0, 0.05) is 16.1 Å². The minimum absolute atomic E-state index is 0.303. The van der Waals surface area contributed by atoms with Crippen LogP contribution in [0.25, 0.3) is 0 Å². The number of carbonyl (C=O) groups excluding carboxylic acids is 1. The van der Waals surface area contributed by atoms with Gasteiger partial charge in [-0.25, -0.2) is 5.43 Å². The molecule has 0 aliphatic rings. The first-order chi connectivity index (χ1) is 15.0. The second kappa shape index (κ2) is 10.4. The number of halogens is 1. The second-order valence-corrected chi connectivity index (χ2v) is 6.64. The molecule has 3 rings (SSSR count). The number of hydrogen-bond acceptors (Lipinski definition) is 6. The van der Waals surface area contributed by atoms with Crippen LogP contribution in [0.2, 0.25) is 5.02 Å². The summed E-state index contributed by atoms with van der Waals surface area (Å²) in [5.74, 6) is 1.92. The smallest absolute Gasteiger partial charge is 0.271 e. The van der Waals surface area contributed by atoms with Crippen LogP contribution in [-0.4, -0.2) is 33.5 Å². The zero-order valence-corrected chi connectivity index (χ0v) is 18.0. The molecular formula is C23H21ClN2O5. The summed E-state index contributed by atoms with van der Waals surface area (Å²) in [6, 6.07) is 17.4. The fourth-order valence-corrected chi connectivity index (χ4v) is 2.87. The van der Waals surface area contributed by atoms with Crippen LogP contribution in [0, 0.1) is 0 Å². The number of methoxy groups -OCH3 is 3. The van der Waals surface area contributed by atoms with Crippen LogP contribution < -0.4 is 24.4 Å². The average Bonchev–Trinajstić information content (AvgIpc) is 2.80. The van der Waals surface area contributed by atoms with Gasteiger partial charge in [0.25, 0.3) is 5.91 Å². The summed E-state index contributed by atoms with van der Waals surface area (Å²) in [7, 11) is 4.46. The minimum atomic E-state index is -0.438. The molecule has 160 valence electrons. The Bertz CT molecular complexity index is 1060. The summed E-state index contributed by atoms with van der Waals surface area (Å²) in [5, 5.41) is 4.67. The molecule has 7 nitrogen and oxygen atoms in total. The summed E-state index contributed by atoms with van der Waals surface area (Å²) >= 11 is 5.91. The van der Waals surface area contributed by atoms with Crippen molar-refractivity contribution in [2.24, 2.45) is 5.10 Å². The van der Waals surface area contributed by atoms with Gasteiger partial charge in [-0.2, -0.15) is 5.10 Å². The first-order valence-electron chi connectivity index (χ1n) is 9.21. The molecule has 3 aromatic rings. The highest BCUT2D eigenvalue weighted by molar-refractivity contribution is 6.30. The fourth-order valence-electron chi connectivity index (χ4n) is 2.75. The van der Waals surface area contributed by atoms with Crippen molar-refractivity contribution in [1.29, 1.82) is 0 Å². The lowest BCUT2D eigenvalue weighted by atomic mass is 10.1. The molecule has 0 aliphatic heterocycles. The normalized spacial score (nSPS) is 10.6. The van der Waals surface area contributed by atoms with Crippen LogP contribution in [0.3, 0.4) is 0 Å². The zero-order chi connectivity index (χ0) is 22.2. The Labute approximate surface area is 185 Å². The monoisotopic (exact) mass is 440 g/mol. The Balaban J connectivity index is 1.75. The number of para-hydroxylation sites is 1. The van der Waals surface area contributed by atoms with Gasteiger partial charge in [0.2, 0.25) is 5.75 Å². The summed E-state index contributed by atoms with van der Waals surface area (Å²) in [6.07, 6.45) is 1.50. The summed E-state index contributed by atoms with van der Waals surface area (Å²) in [6.45, 7) is 0. The van der Waals surface area contributed by atoms with Crippen molar-refractivity contribution in [2.45, 2.75) is 0 Å². The Hall–Kier alpha value is -3.71. The molecular weight excluding hydrogens is 420 g/mol. The fraction of sp³-hybridized carbons (Fsp3) is 0.130. The number of nitrogens with one attached hydrogen (secondary N) is 1. The van der Waals surface area contributed by atoms with Crippen molar-refractivity contribution >= 4 is 23.7 Å². The summed E-state index contributed by atoms with van der Waals surface area (Å²) in [5.41, 5.74) is 3.48. The van der Waals surface area contributed by atoms with Gasteiger partial charge in [0.05, 0.1) is 27.5 Å². The lowest BCUT2D eigenvalue weighted by molar-refractivity contribution is 0.0954. The van der Waals surface area contributed by atoms with Crippen molar-refractivity contribution in [3.05, 3.63) is 76.8 Å². The van der Waals surface area contributed by atoms with Gasteiger partial charge in [0.15, 0.2) is 11.5 Å². The van der Waals surface area contributed by atoms with E-state index < -0.39 is 5.91 Å². The van der Waals surface area contributed by atoms with Crippen molar-refractivity contribution in [3.8, 4) is 28.7 Å². The quantitative estimate of drug-likeness (QED) is 0.397. The lowest BCUT2D eigenvalue weighted by Crippen LogP contribution is -2.18. The molecule has 0 saturated carbocycles. The third kappa shape index (κ3) is 5.46. The molecule has 8 heteroatoms. The number of benzene rings is 3. The molecule has 0 spiro atoms. The van der Waals surface area contributed by atoms with Crippen LogP contribution in [0.5, 0.6) is 28.7 Å². The van der Waals surface area contributed by atoms with Crippen LogP contribution in [-0.2, 0) is 0 Å². The van der Waals surface area contributed by atoms with Gasteiger partial charge >= 0.3 is 0 Å². The highest BCUT2D eigenvalue weighted by atomic mass is 35.5. The van der Waals surface area contributed by atoms with E-state index in [0.717, 1.165) is 0 Å². The van der Waals surface area contributed by atoms with Crippen molar-refractivity contribution in [1.82, 2.24) is 5.43 Å². The van der Waals surface area contributed by atoms with E-state index in [1.54, 1.807) is 42.5 Å². The van der Waals surface area contributed by atoms with Crippen LogP contribution >= 0.6 is 11.6 Å². The highest BCUT2D eigenvalue weighted by Gasteiger charge is 2.16. The van der Waals surface area contributed by atoms with E-state index in [4.69, 9.17) is 30.5 Å². The van der Waals surface area contributed by atoms with E-state index in [2.05, 4.69) is 10.5 Å². The Morgan fingerprint density at radius 1 is 0.903 bits per heavy atom. The van der Waals surface area contributed by atoms with Crippen molar-refractivity contribution in [2.75, 3.05) is 21.3 Å². The molecule has 1 N–H and O–H groups in total. The van der Waals surface area contributed by atoms with E-state index in [1.165, 1.54) is 27.5 Å². The number of hydrazone groups is 1. The molecule has 0 atom stereocenters. The van der Waals surface area contributed by atoms with Crippen LogP contribution in [0.1, 0.15) is 15.9 Å². The molecule has 0 radical (unpaired) electrons. The Kier molecular flexibility index (Phi) is 7.35. The van der Waals surface area contributed by atoms with Gasteiger partial charge in [-0.3, -0.25) is 4.79 Å². The minimum Gasteiger partial charge on any atom is -0.493 e. The molecule has 0 aromatic heterocycles. The van der Waals surface area contributed by atoms with Crippen molar-refractivity contribution in [3.63, 3.8) is 0 Å². The van der Waals surface area contributed by atoms with Gasteiger partial charge in [-0.15, -0.1) is 0 Å². The molecule has 0 unspecified atom stereocenters. The Morgan fingerprint density at radius 2 is 1.55 bits per heavy atom. The first-order valence-corrected chi connectivity index (χ1v) is 9.59. The predicted molar refractivity (Wildman–Crippen MR) is 119 cm³/mol. The van der Waals surface area contributed by atoms with E-state index >= 15 is 0 Å². The summed E-state index contributed by atoms with van der Waals surface area (Å²) < 4.78 is 21.7. The summed E-state index contributed by atoms with van der Waals surface area (Å²) in [4.78, 5) is 12.6. The molecule has 0 bridgehead atoms. The zero-order valence-electron chi connectivity index (χ0n) is 17.2. The number of carbonyl (C=O) groups is 1. The standard InChI is InChI=1S/C23H21ClN2O5/c1-28-20-12-16(13-21(29-2)22(20)30-3)23(27)26-25-14-15-6-4-5-7-19(15)31-18-10-8-17(24)9-11-18/h4-14H,1-3H3,(H,26,27)/b25-14-. The maximum Gasteiger partial charge on any atom is 0.271 e. The third-order valence-electron chi connectivity index (χ3n) is 4.26. The molecule has 3 aromatic carbocycles. The number of nitrogens with zero attached hydrogens (tertiary/aromatic N) is 1. The van der Waals surface area contributed by atoms with Crippen molar-refractivity contribution < 1.29 is 23.7 Å². The van der Waals surface area contributed by atoms with E-state index in [1.807, 2.05) is 18.2 Å². The predicted octanol–water partition coefficient (Wildman–Crippen LogP) is 4.92. The van der Waals surface area contributed by atoms with Gasteiger partial charge < -0.3 is 18.9 Å². The number of ether oxygens (including phenoxy) is 4. The first kappa shape index (κ1) is 22.0. The molecule has 0 heterocycles. The topological polar surface area (TPSA) is 78.4 Å². The lowest BCUT2D eigenvalue weighted by Gasteiger charge is -2.13. The number of hydrogen-bond donors (Lipinski definition) is 1. The van der Waals surface area contributed by atoms with E-state index in [0.29, 0.717) is 44.9 Å². The maximum absolute atomic E-state index is 12.6. The van der Waals surface area contributed by atoms with Gasteiger partial charge in [-0.1, -0.05) is 23.7 Å². The average molecular weight is 441 g/mol.